The van der Waals surface area contributed by atoms with Crippen LogP contribution in [0.15, 0.2) is 48.9 Å². The Labute approximate surface area is 244 Å². The van der Waals surface area contributed by atoms with Gasteiger partial charge in [0.25, 0.3) is 0 Å². The number of likely N-dealkylation sites (N-methyl/N-ethyl adjacent to an activating group) is 1. The lowest BCUT2D eigenvalue weighted by atomic mass is 9.89. The van der Waals surface area contributed by atoms with Crippen molar-refractivity contribution >= 4 is 51.1 Å². The number of fused-ring (bicyclic) bond motifs is 2. The molecule has 0 spiro atoms. The summed E-state index contributed by atoms with van der Waals surface area (Å²) in [6.45, 7) is 6.73. The third kappa shape index (κ3) is 4.92. The number of imidazole rings is 1. The monoisotopic (exact) mass is 569 g/mol. The summed E-state index contributed by atoms with van der Waals surface area (Å²) in [5, 5.41) is 4.96. The van der Waals surface area contributed by atoms with E-state index in [0.29, 0.717) is 28.9 Å². The Morgan fingerprint density at radius 2 is 1.68 bits per heavy atom. The Morgan fingerprint density at radius 3 is 2.41 bits per heavy atom. The van der Waals surface area contributed by atoms with Crippen LogP contribution in [0.25, 0.3) is 33.2 Å². The molecule has 3 aromatic heterocycles. The summed E-state index contributed by atoms with van der Waals surface area (Å²) >= 11 is 6.37. The number of nitrogens with zero attached hydrogens (tertiary/aromatic N) is 6. The van der Waals surface area contributed by atoms with Crippen molar-refractivity contribution in [3.8, 4) is 11.1 Å². The van der Waals surface area contributed by atoms with Crippen molar-refractivity contribution < 1.29 is 0 Å². The van der Waals surface area contributed by atoms with Gasteiger partial charge in [-0.2, -0.15) is 0 Å². The topological polar surface area (TPSA) is 104 Å². The van der Waals surface area contributed by atoms with Crippen LogP contribution >= 0.6 is 11.6 Å². The van der Waals surface area contributed by atoms with Gasteiger partial charge in [0.1, 0.15) is 17.8 Å². The quantitative estimate of drug-likeness (QED) is 0.239. The number of benzene rings is 2. The van der Waals surface area contributed by atoms with Crippen LogP contribution in [0, 0.1) is 6.92 Å². The lowest BCUT2D eigenvalue weighted by molar-refractivity contribution is 0.0828. The van der Waals surface area contributed by atoms with Crippen LogP contribution in [0.3, 0.4) is 0 Å². The maximum Gasteiger partial charge on any atom is 0.205 e. The van der Waals surface area contributed by atoms with E-state index >= 15 is 0 Å². The largest absolute Gasteiger partial charge is 0.383 e. The summed E-state index contributed by atoms with van der Waals surface area (Å²) in [6.07, 6.45) is 8.56. The maximum atomic E-state index is 6.45. The van der Waals surface area contributed by atoms with Crippen molar-refractivity contribution in [1.82, 2.24) is 34.3 Å². The first-order valence-corrected chi connectivity index (χ1v) is 14.9. The number of nitrogens with two attached hydrogens (primary N) is 1. The molecule has 0 radical (unpaired) electrons. The summed E-state index contributed by atoms with van der Waals surface area (Å²) in [4.78, 5) is 22.2. The predicted octanol–water partition coefficient (Wildman–Crippen LogP) is 5.99. The Kier molecular flexibility index (Phi) is 6.81. The number of aromatic amines is 1. The zero-order chi connectivity index (χ0) is 28.1. The normalized spacial score (nSPS) is 20.7. The zero-order valence-corrected chi connectivity index (χ0v) is 24.3. The number of hydrogen-bond donors (Lipinski definition) is 3. The van der Waals surface area contributed by atoms with Gasteiger partial charge >= 0.3 is 0 Å². The summed E-state index contributed by atoms with van der Waals surface area (Å²) < 4.78 is 2.36. The number of halogens is 1. The molecule has 9 nitrogen and oxygen atoms in total. The number of hydrogen-bond acceptors (Lipinski definition) is 7. The molecule has 7 rings (SSSR count). The number of aromatic nitrogens is 5. The van der Waals surface area contributed by atoms with Gasteiger partial charge in [-0.15, -0.1) is 0 Å². The molecule has 4 heterocycles. The smallest absolute Gasteiger partial charge is 0.205 e. The van der Waals surface area contributed by atoms with Gasteiger partial charge in [-0.1, -0.05) is 29.8 Å². The summed E-state index contributed by atoms with van der Waals surface area (Å²) in [5.74, 6) is 1.18. The first-order chi connectivity index (χ1) is 19.9. The summed E-state index contributed by atoms with van der Waals surface area (Å²) in [7, 11) is 2.22. The van der Waals surface area contributed by atoms with Gasteiger partial charge in [-0.3, -0.25) is 4.90 Å². The average Bonchev–Trinajstić information content (AvgIpc) is 3.60. The average molecular weight is 570 g/mol. The first kappa shape index (κ1) is 26.3. The molecule has 0 bridgehead atoms. The molecule has 212 valence electrons. The Bertz CT molecular complexity index is 1650. The fourth-order valence-electron chi connectivity index (χ4n) is 6.62. The van der Waals surface area contributed by atoms with Crippen LogP contribution in [-0.2, 0) is 0 Å². The third-order valence-electron chi connectivity index (χ3n) is 9.01. The van der Waals surface area contributed by atoms with Gasteiger partial charge in [0.05, 0.1) is 21.4 Å². The minimum Gasteiger partial charge on any atom is -0.383 e. The van der Waals surface area contributed by atoms with E-state index in [1.807, 2.05) is 19.1 Å². The SMILES string of the molecule is Cc1ccc(Cl)c2[nH]c(Nc3ccc(-c4cn([C@H]5CC[C@H](N6CCN(C)CC6)CC5)c5ncnc(N)c45)cc3)nc12. The molecule has 5 aromatic rings. The highest BCUT2D eigenvalue weighted by Crippen LogP contribution is 2.39. The van der Waals surface area contributed by atoms with Crippen molar-refractivity contribution in [3.05, 3.63) is 59.5 Å². The number of rotatable bonds is 5. The highest BCUT2D eigenvalue weighted by molar-refractivity contribution is 6.35. The number of piperazine rings is 1. The molecular formula is C31H36ClN9. The minimum absolute atomic E-state index is 0.411. The van der Waals surface area contributed by atoms with E-state index in [9.17, 15) is 0 Å². The molecular weight excluding hydrogens is 534 g/mol. The molecule has 0 amide bonds. The first-order valence-electron chi connectivity index (χ1n) is 14.5. The lowest BCUT2D eigenvalue weighted by Crippen LogP contribution is -2.49. The number of anilines is 3. The second-order valence-electron chi connectivity index (χ2n) is 11.6. The van der Waals surface area contributed by atoms with Crippen molar-refractivity contribution in [3.63, 3.8) is 0 Å². The molecule has 1 saturated heterocycles. The van der Waals surface area contributed by atoms with Crippen LogP contribution in [0.1, 0.15) is 37.3 Å². The molecule has 4 N–H and O–H groups in total. The van der Waals surface area contributed by atoms with Gasteiger partial charge < -0.3 is 25.5 Å². The van der Waals surface area contributed by atoms with Gasteiger partial charge in [-0.25, -0.2) is 15.0 Å². The number of H-pyrrole nitrogens is 1. The highest BCUT2D eigenvalue weighted by Gasteiger charge is 2.30. The standard InChI is InChI=1S/C31H36ClN9/c1-19-3-12-25(32)28-27(19)37-31(38-28)36-21-6-4-20(5-7-21)24-17-41(30-26(24)29(33)34-18-35-30)23-10-8-22(9-11-23)40-15-13-39(2)14-16-40/h3-7,12,17-18,22-23H,8-11,13-16H2,1-2H3,(H2,33,34,35)(H2,36,37,38)/t22-,23-. The predicted molar refractivity (Wildman–Crippen MR) is 167 cm³/mol. The lowest BCUT2D eigenvalue weighted by Gasteiger charge is -2.41. The fraction of sp³-hybridized carbons (Fsp3) is 0.387. The van der Waals surface area contributed by atoms with E-state index in [1.165, 1.54) is 39.0 Å². The minimum atomic E-state index is 0.411. The molecule has 0 unspecified atom stereocenters. The van der Waals surface area contributed by atoms with Gasteiger partial charge in [0, 0.05) is 55.7 Å². The molecule has 2 aliphatic rings. The number of nitrogens with one attached hydrogen (secondary N) is 2. The Morgan fingerprint density at radius 1 is 0.951 bits per heavy atom. The second kappa shape index (κ2) is 10.6. The van der Waals surface area contributed by atoms with E-state index < -0.39 is 0 Å². The molecule has 10 heteroatoms. The second-order valence-corrected chi connectivity index (χ2v) is 12.0. The van der Waals surface area contributed by atoms with Gasteiger partial charge in [0.15, 0.2) is 0 Å². The van der Waals surface area contributed by atoms with E-state index in [0.717, 1.165) is 57.3 Å². The number of nitrogen functional groups attached to an aromatic ring is 1. The van der Waals surface area contributed by atoms with E-state index in [-0.39, 0.29) is 0 Å². The summed E-state index contributed by atoms with van der Waals surface area (Å²) in [5.41, 5.74) is 13.2. The highest BCUT2D eigenvalue weighted by atomic mass is 35.5. The van der Waals surface area contributed by atoms with Crippen molar-refractivity contribution in [2.75, 3.05) is 44.3 Å². The number of aryl methyl sites for hydroxylation is 1. The summed E-state index contributed by atoms with van der Waals surface area (Å²) in [6, 6.07) is 13.3. The maximum absolute atomic E-state index is 6.45. The van der Waals surface area contributed by atoms with E-state index in [1.54, 1.807) is 6.33 Å². The molecule has 41 heavy (non-hydrogen) atoms. The third-order valence-corrected chi connectivity index (χ3v) is 9.32. The molecule has 2 fully saturated rings. The van der Waals surface area contributed by atoms with Crippen LogP contribution in [0.4, 0.5) is 17.5 Å². The molecule has 2 aromatic carbocycles. The van der Waals surface area contributed by atoms with Crippen molar-refractivity contribution in [2.45, 2.75) is 44.7 Å². The van der Waals surface area contributed by atoms with Crippen LogP contribution in [-0.4, -0.2) is 73.6 Å². The van der Waals surface area contributed by atoms with Gasteiger partial charge in [-0.05, 0) is 69.0 Å². The van der Waals surface area contributed by atoms with Crippen LogP contribution in [0.2, 0.25) is 5.02 Å². The Balaban J connectivity index is 1.13. The van der Waals surface area contributed by atoms with Gasteiger partial charge in [0.2, 0.25) is 5.95 Å². The van der Waals surface area contributed by atoms with E-state index in [4.69, 9.17) is 27.3 Å². The zero-order valence-electron chi connectivity index (χ0n) is 23.6. The van der Waals surface area contributed by atoms with Crippen molar-refractivity contribution in [2.24, 2.45) is 0 Å². The molecule has 1 saturated carbocycles. The molecule has 1 aliphatic heterocycles. The van der Waals surface area contributed by atoms with Crippen LogP contribution < -0.4 is 11.1 Å². The Hall–Kier alpha value is -3.66. The van der Waals surface area contributed by atoms with Crippen LogP contribution in [0.5, 0.6) is 0 Å². The molecule has 1 aliphatic carbocycles. The fourth-order valence-corrected chi connectivity index (χ4v) is 6.81. The van der Waals surface area contributed by atoms with E-state index in [2.05, 4.69) is 67.2 Å². The molecule has 0 atom stereocenters. The van der Waals surface area contributed by atoms with Crippen molar-refractivity contribution in [1.29, 1.82) is 0 Å².